The van der Waals surface area contributed by atoms with Crippen LogP contribution in [0.1, 0.15) is 5.56 Å². The van der Waals surface area contributed by atoms with Gasteiger partial charge in [-0.1, -0.05) is 6.07 Å². The number of fused-ring (bicyclic) bond motifs is 1. The van der Waals surface area contributed by atoms with Crippen LogP contribution in [-0.4, -0.2) is 19.5 Å². The summed E-state index contributed by atoms with van der Waals surface area (Å²) in [7, 11) is 0. The smallest absolute Gasteiger partial charge is 0.169 e. The first-order chi connectivity index (χ1) is 15.5. The van der Waals surface area contributed by atoms with Crippen LogP contribution in [0.3, 0.4) is 0 Å². The van der Waals surface area contributed by atoms with Crippen LogP contribution >= 0.6 is 0 Å². The van der Waals surface area contributed by atoms with Gasteiger partial charge in [-0.2, -0.15) is 0 Å². The molecule has 0 unspecified atom stereocenters. The summed E-state index contributed by atoms with van der Waals surface area (Å²) in [6, 6.07) is 10.8. The number of hydrogen-bond donors (Lipinski definition) is 0. The molecule has 0 N–H and O–H groups in total. The molecule has 2 aromatic carbocycles. The SMILES string of the molecule is Fc1ccc(-c2cncc(Cn3ccc4nc(-c5cccc(F)c5F)nc-4c3)c2)c(F)c1. The summed E-state index contributed by atoms with van der Waals surface area (Å²) in [6.45, 7) is 0.399. The Hall–Kier alpha value is -4.07. The van der Waals surface area contributed by atoms with E-state index >= 15 is 0 Å². The summed E-state index contributed by atoms with van der Waals surface area (Å²) in [5.74, 6) is -3.16. The van der Waals surface area contributed by atoms with E-state index in [2.05, 4.69) is 15.0 Å². The second kappa shape index (κ2) is 7.88. The van der Waals surface area contributed by atoms with Crippen molar-refractivity contribution >= 4 is 0 Å². The fraction of sp³-hybridized carbons (Fsp3) is 0.0417. The maximum atomic E-state index is 14.1. The summed E-state index contributed by atoms with van der Waals surface area (Å²) in [4.78, 5) is 12.8. The van der Waals surface area contributed by atoms with Crippen LogP contribution in [0.2, 0.25) is 0 Å². The molecule has 5 rings (SSSR count). The lowest BCUT2D eigenvalue weighted by molar-refractivity contribution is 0.510. The van der Waals surface area contributed by atoms with Gasteiger partial charge in [-0.15, -0.1) is 0 Å². The molecule has 0 saturated carbocycles. The van der Waals surface area contributed by atoms with Crippen LogP contribution < -0.4 is 0 Å². The molecule has 0 bridgehead atoms. The third-order valence-electron chi connectivity index (χ3n) is 5.02. The van der Waals surface area contributed by atoms with Crippen molar-refractivity contribution in [2.24, 2.45) is 0 Å². The van der Waals surface area contributed by atoms with Gasteiger partial charge < -0.3 is 4.57 Å². The van der Waals surface area contributed by atoms with Crippen LogP contribution in [0.15, 0.2) is 73.3 Å². The Morgan fingerprint density at radius 1 is 0.781 bits per heavy atom. The van der Waals surface area contributed by atoms with Crippen LogP contribution in [0.4, 0.5) is 17.6 Å². The highest BCUT2D eigenvalue weighted by atomic mass is 19.2. The highest BCUT2D eigenvalue weighted by Gasteiger charge is 2.17. The minimum atomic E-state index is -0.994. The van der Waals surface area contributed by atoms with E-state index in [0.717, 1.165) is 17.7 Å². The van der Waals surface area contributed by atoms with E-state index < -0.39 is 23.3 Å². The highest BCUT2D eigenvalue weighted by Crippen LogP contribution is 2.28. The van der Waals surface area contributed by atoms with Crippen molar-refractivity contribution in [3.05, 3.63) is 102 Å². The first-order valence-electron chi connectivity index (χ1n) is 9.65. The lowest BCUT2D eigenvalue weighted by Crippen LogP contribution is -2.02. The Balaban J connectivity index is 1.45. The minimum absolute atomic E-state index is 0.00836. The number of hydrogen-bond acceptors (Lipinski definition) is 3. The molecule has 32 heavy (non-hydrogen) atoms. The summed E-state index contributed by atoms with van der Waals surface area (Å²) >= 11 is 0. The molecule has 2 aliphatic heterocycles. The van der Waals surface area contributed by atoms with E-state index in [-0.39, 0.29) is 17.0 Å². The fourth-order valence-electron chi connectivity index (χ4n) is 3.50. The van der Waals surface area contributed by atoms with Crippen LogP contribution in [-0.2, 0) is 6.54 Å². The van der Waals surface area contributed by atoms with Gasteiger partial charge in [0, 0.05) is 48.5 Å². The molecular weight excluding hydrogens is 420 g/mol. The fourth-order valence-corrected chi connectivity index (χ4v) is 3.50. The highest BCUT2D eigenvalue weighted by molar-refractivity contribution is 5.66. The normalized spacial score (nSPS) is 11.2. The molecule has 0 amide bonds. The summed E-state index contributed by atoms with van der Waals surface area (Å²) in [5.41, 5.74) is 2.61. The van der Waals surface area contributed by atoms with Gasteiger partial charge in [-0.05, 0) is 42.0 Å². The molecule has 0 atom stereocenters. The minimum Gasteiger partial charge on any atom is -0.348 e. The zero-order valence-electron chi connectivity index (χ0n) is 16.4. The molecule has 8 heteroatoms. The van der Waals surface area contributed by atoms with Gasteiger partial charge in [0.25, 0.3) is 0 Å². The van der Waals surface area contributed by atoms with Gasteiger partial charge in [0.1, 0.15) is 17.3 Å². The lowest BCUT2D eigenvalue weighted by atomic mass is 10.1. The standard InChI is InChI=1S/C24H14F4N4/c25-16-4-5-17(20(27)9-16)15-8-14(10-29-11-15)12-32-7-6-21-22(13-32)31-24(30-21)18-2-1-3-19(26)23(18)28/h1-11,13H,12H2. The van der Waals surface area contributed by atoms with Gasteiger partial charge >= 0.3 is 0 Å². The van der Waals surface area contributed by atoms with Crippen LogP contribution in [0, 0.1) is 23.3 Å². The van der Waals surface area contributed by atoms with E-state index in [1.54, 1.807) is 30.7 Å². The van der Waals surface area contributed by atoms with E-state index in [1.165, 1.54) is 30.5 Å². The van der Waals surface area contributed by atoms with Gasteiger partial charge in [0.2, 0.25) is 0 Å². The third kappa shape index (κ3) is 3.71. The summed E-state index contributed by atoms with van der Waals surface area (Å²) in [5, 5.41) is 0. The maximum Gasteiger partial charge on any atom is 0.169 e. The van der Waals surface area contributed by atoms with E-state index in [9.17, 15) is 17.6 Å². The number of benzene rings is 2. The molecule has 4 nitrogen and oxygen atoms in total. The second-order valence-corrected chi connectivity index (χ2v) is 7.24. The van der Waals surface area contributed by atoms with Crippen LogP contribution in [0.5, 0.6) is 0 Å². The maximum absolute atomic E-state index is 14.1. The molecule has 0 fully saturated rings. The zero-order chi connectivity index (χ0) is 22.2. The number of imidazole rings is 1. The Morgan fingerprint density at radius 2 is 1.62 bits per heavy atom. The lowest BCUT2D eigenvalue weighted by Gasteiger charge is -2.10. The molecule has 0 aliphatic carbocycles. The Labute approximate surface area is 180 Å². The van der Waals surface area contributed by atoms with Crippen molar-refractivity contribution in [2.45, 2.75) is 6.54 Å². The topological polar surface area (TPSA) is 43.6 Å². The quantitative estimate of drug-likeness (QED) is 0.340. The van der Waals surface area contributed by atoms with E-state index in [4.69, 9.17) is 0 Å². The van der Waals surface area contributed by atoms with Gasteiger partial charge in [-0.3, -0.25) is 4.98 Å². The first-order valence-corrected chi connectivity index (χ1v) is 9.65. The molecule has 158 valence electrons. The molecule has 0 radical (unpaired) electrons. The zero-order valence-corrected chi connectivity index (χ0v) is 16.4. The molecule has 2 aliphatic rings. The predicted molar refractivity (Wildman–Crippen MR) is 111 cm³/mol. The van der Waals surface area contributed by atoms with Crippen molar-refractivity contribution in [3.63, 3.8) is 0 Å². The van der Waals surface area contributed by atoms with Gasteiger partial charge in [0.15, 0.2) is 17.5 Å². The number of pyridine rings is 2. The largest absolute Gasteiger partial charge is 0.348 e. The van der Waals surface area contributed by atoms with Gasteiger partial charge in [-0.25, -0.2) is 27.5 Å². The number of nitrogens with zero attached hydrogens (tertiary/aromatic N) is 4. The molecule has 1 aromatic heterocycles. The third-order valence-corrected chi connectivity index (χ3v) is 5.02. The average Bonchev–Trinajstić information content (AvgIpc) is 3.19. The van der Waals surface area contributed by atoms with E-state index in [0.29, 0.717) is 23.5 Å². The average molecular weight is 434 g/mol. The number of rotatable bonds is 4. The Morgan fingerprint density at radius 3 is 2.47 bits per heavy atom. The molecule has 3 aromatic rings. The van der Waals surface area contributed by atoms with Crippen molar-refractivity contribution in [1.82, 2.24) is 19.5 Å². The monoisotopic (exact) mass is 434 g/mol. The molecule has 3 heterocycles. The number of aromatic nitrogens is 4. The molecule has 0 saturated heterocycles. The summed E-state index contributed by atoms with van der Waals surface area (Å²) in [6.07, 6.45) is 6.66. The van der Waals surface area contributed by atoms with Crippen molar-refractivity contribution in [3.8, 4) is 33.9 Å². The Bertz CT molecular complexity index is 1410. The second-order valence-electron chi connectivity index (χ2n) is 7.24. The summed E-state index contributed by atoms with van der Waals surface area (Å²) < 4.78 is 56.8. The van der Waals surface area contributed by atoms with Crippen LogP contribution in [0.25, 0.3) is 33.9 Å². The Kier molecular flexibility index (Phi) is 4.89. The van der Waals surface area contributed by atoms with Gasteiger partial charge in [0.05, 0.1) is 11.3 Å². The van der Waals surface area contributed by atoms with Crippen molar-refractivity contribution in [1.29, 1.82) is 0 Å². The van der Waals surface area contributed by atoms with Crippen molar-refractivity contribution < 1.29 is 17.6 Å². The molecule has 0 spiro atoms. The van der Waals surface area contributed by atoms with E-state index in [1.807, 2.05) is 4.57 Å². The molecular formula is C24H14F4N4. The number of halogens is 4. The van der Waals surface area contributed by atoms with Crippen molar-refractivity contribution in [2.75, 3.05) is 0 Å². The predicted octanol–water partition coefficient (Wildman–Crippen LogP) is 5.72. The first kappa shape index (κ1) is 19.9.